The summed E-state index contributed by atoms with van der Waals surface area (Å²) in [6.07, 6.45) is 4.12. The Morgan fingerprint density at radius 2 is 1.91 bits per heavy atom. The van der Waals surface area contributed by atoms with E-state index < -0.39 is 5.60 Å². The number of amides is 1. The van der Waals surface area contributed by atoms with E-state index in [0.717, 1.165) is 72.8 Å². The van der Waals surface area contributed by atoms with E-state index in [9.17, 15) is 4.79 Å². The van der Waals surface area contributed by atoms with Crippen LogP contribution in [0.5, 0.6) is 0 Å². The van der Waals surface area contributed by atoms with Crippen LogP contribution in [0.15, 0.2) is 48.5 Å². The number of aryl methyl sites for hydroxylation is 1. The van der Waals surface area contributed by atoms with Crippen LogP contribution >= 0.6 is 11.6 Å². The van der Waals surface area contributed by atoms with Gasteiger partial charge in [0.05, 0.1) is 11.0 Å². The highest BCUT2D eigenvalue weighted by atomic mass is 35.5. The van der Waals surface area contributed by atoms with E-state index in [2.05, 4.69) is 22.8 Å². The number of nitrogens with zero attached hydrogens (tertiary/aromatic N) is 3. The standard InChI is InChI=1S/C26H32ClN3O2/c1-26(2,3)32-25(31)29-16-6-8-19(18-29)9-7-17-30-23-11-5-4-10-22(23)28-24(30)20-12-14-21(27)15-13-20/h4-5,10-15,19H,6-9,16-18H2,1-3H3. The summed E-state index contributed by atoms with van der Waals surface area (Å²) in [5, 5.41) is 0.725. The Hall–Kier alpha value is -2.53. The largest absolute Gasteiger partial charge is 0.444 e. The smallest absolute Gasteiger partial charge is 0.410 e. The van der Waals surface area contributed by atoms with Crippen molar-refractivity contribution in [2.24, 2.45) is 5.92 Å². The summed E-state index contributed by atoms with van der Waals surface area (Å²) in [6, 6.07) is 16.2. The van der Waals surface area contributed by atoms with Crippen molar-refractivity contribution in [1.29, 1.82) is 0 Å². The van der Waals surface area contributed by atoms with Gasteiger partial charge in [-0.25, -0.2) is 9.78 Å². The summed E-state index contributed by atoms with van der Waals surface area (Å²) >= 11 is 6.09. The maximum absolute atomic E-state index is 12.5. The minimum absolute atomic E-state index is 0.187. The zero-order valence-electron chi connectivity index (χ0n) is 19.2. The third-order valence-corrected chi connectivity index (χ3v) is 6.17. The van der Waals surface area contributed by atoms with Crippen LogP contribution in [-0.2, 0) is 11.3 Å². The minimum atomic E-state index is -0.454. The number of hydrogen-bond donors (Lipinski definition) is 0. The van der Waals surface area contributed by atoms with Gasteiger partial charge in [-0.15, -0.1) is 0 Å². The van der Waals surface area contributed by atoms with E-state index in [-0.39, 0.29) is 6.09 Å². The second-order valence-corrected chi connectivity index (χ2v) is 10.1. The normalized spacial score (nSPS) is 17.0. The molecule has 2 aromatic carbocycles. The van der Waals surface area contributed by atoms with Crippen LogP contribution in [0.1, 0.15) is 46.5 Å². The first-order valence-electron chi connectivity index (χ1n) is 11.5. The molecule has 0 saturated carbocycles. The number of rotatable bonds is 5. The molecule has 2 heterocycles. The van der Waals surface area contributed by atoms with Crippen molar-refractivity contribution in [3.63, 3.8) is 0 Å². The molecular weight excluding hydrogens is 422 g/mol. The molecule has 32 heavy (non-hydrogen) atoms. The monoisotopic (exact) mass is 453 g/mol. The van der Waals surface area contributed by atoms with E-state index >= 15 is 0 Å². The molecule has 1 unspecified atom stereocenters. The van der Waals surface area contributed by atoms with Gasteiger partial charge in [-0.05, 0) is 88.8 Å². The SMILES string of the molecule is CC(C)(C)OC(=O)N1CCCC(CCCn2c(-c3ccc(Cl)cc3)nc3ccccc32)C1. The second-order valence-electron chi connectivity index (χ2n) is 9.66. The Kier molecular flexibility index (Phi) is 6.75. The van der Waals surface area contributed by atoms with Crippen molar-refractivity contribution in [3.8, 4) is 11.4 Å². The van der Waals surface area contributed by atoms with E-state index in [0.29, 0.717) is 5.92 Å². The minimum Gasteiger partial charge on any atom is -0.444 e. The van der Waals surface area contributed by atoms with Crippen LogP contribution in [0.2, 0.25) is 5.02 Å². The molecule has 0 radical (unpaired) electrons. The average Bonchev–Trinajstić information content (AvgIpc) is 3.12. The van der Waals surface area contributed by atoms with Crippen molar-refractivity contribution >= 4 is 28.7 Å². The van der Waals surface area contributed by atoms with E-state index in [4.69, 9.17) is 21.3 Å². The molecule has 1 amide bonds. The molecule has 170 valence electrons. The summed E-state index contributed by atoms with van der Waals surface area (Å²) in [7, 11) is 0. The molecule has 4 rings (SSSR count). The summed E-state index contributed by atoms with van der Waals surface area (Å²) in [5.41, 5.74) is 2.77. The van der Waals surface area contributed by atoms with Gasteiger partial charge in [0.15, 0.2) is 0 Å². The number of ether oxygens (including phenoxy) is 1. The Morgan fingerprint density at radius 3 is 2.66 bits per heavy atom. The summed E-state index contributed by atoms with van der Waals surface area (Å²) in [5.74, 6) is 1.48. The molecule has 0 spiro atoms. The molecule has 0 N–H and O–H groups in total. The fourth-order valence-electron chi connectivity index (χ4n) is 4.45. The van der Waals surface area contributed by atoms with Gasteiger partial charge in [-0.3, -0.25) is 0 Å². The van der Waals surface area contributed by atoms with Crippen LogP contribution in [-0.4, -0.2) is 39.2 Å². The Morgan fingerprint density at radius 1 is 1.16 bits per heavy atom. The summed E-state index contributed by atoms with van der Waals surface area (Å²) in [6.45, 7) is 8.21. The number of carbonyl (C=O) groups excluding carboxylic acids is 1. The molecule has 1 saturated heterocycles. The van der Waals surface area contributed by atoms with E-state index in [1.165, 1.54) is 0 Å². The average molecular weight is 454 g/mol. The quantitative estimate of drug-likeness (QED) is 0.427. The number of halogens is 1. The molecule has 1 aliphatic rings. The number of benzene rings is 2. The Bertz CT molecular complexity index is 1070. The van der Waals surface area contributed by atoms with Crippen LogP contribution in [0, 0.1) is 5.92 Å². The predicted octanol–water partition coefficient (Wildman–Crippen LogP) is 6.78. The van der Waals surface area contributed by atoms with Crippen LogP contribution in [0.25, 0.3) is 22.4 Å². The van der Waals surface area contributed by atoms with Gasteiger partial charge in [0, 0.05) is 30.2 Å². The molecule has 5 nitrogen and oxygen atoms in total. The number of carbonyl (C=O) groups is 1. The molecule has 1 fully saturated rings. The van der Waals surface area contributed by atoms with Gasteiger partial charge in [-0.1, -0.05) is 23.7 Å². The zero-order chi connectivity index (χ0) is 22.7. The fraction of sp³-hybridized carbons (Fsp3) is 0.462. The highest BCUT2D eigenvalue weighted by Gasteiger charge is 2.27. The number of likely N-dealkylation sites (tertiary alicyclic amines) is 1. The fourth-order valence-corrected chi connectivity index (χ4v) is 4.58. The maximum atomic E-state index is 12.5. The van der Waals surface area contributed by atoms with Gasteiger partial charge in [-0.2, -0.15) is 0 Å². The first-order chi connectivity index (χ1) is 15.3. The van der Waals surface area contributed by atoms with Gasteiger partial charge in [0.2, 0.25) is 0 Å². The van der Waals surface area contributed by atoms with Crippen LogP contribution in [0.3, 0.4) is 0 Å². The van der Waals surface area contributed by atoms with Crippen molar-refractivity contribution in [3.05, 3.63) is 53.6 Å². The number of para-hydroxylation sites is 2. The molecule has 6 heteroatoms. The van der Waals surface area contributed by atoms with Gasteiger partial charge in [0.25, 0.3) is 0 Å². The van der Waals surface area contributed by atoms with Crippen molar-refractivity contribution in [1.82, 2.24) is 14.5 Å². The molecule has 0 bridgehead atoms. The maximum Gasteiger partial charge on any atom is 0.410 e. The van der Waals surface area contributed by atoms with Gasteiger partial charge in [0.1, 0.15) is 11.4 Å². The second kappa shape index (κ2) is 9.53. The number of hydrogen-bond acceptors (Lipinski definition) is 3. The highest BCUT2D eigenvalue weighted by molar-refractivity contribution is 6.30. The van der Waals surface area contributed by atoms with Crippen molar-refractivity contribution < 1.29 is 9.53 Å². The molecular formula is C26H32ClN3O2. The van der Waals surface area contributed by atoms with Gasteiger partial charge < -0.3 is 14.2 Å². The van der Waals surface area contributed by atoms with E-state index in [1.807, 2.05) is 56.0 Å². The van der Waals surface area contributed by atoms with Crippen molar-refractivity contribution in [2.75, 3.05) is 13.1 Å². The lowest BCUT2D eigenvalue weighted by Gasteiger charge is -2.34. The highest BCUT2D eigenvalue weighted by Crippen LogP contribution is 2.28. The molecule has 0 aliphatic carbocycles. The number of imidazole rings is 1. The number of piperidine rings is 1. The van der Waals surface area contributed by atoms with Crippen molar-refractivity contribution in [2.45, 2.75) is 58.6 Å². The Labute approximate surface area is 195 Å². The third kappa shape index (κ3) is 5.44. The molecule has 1 aromatic heterocycles. The van der Waals surface area contributed by atoms with E-state index in [1.54, 1.807) is 0 Å². The summed E-state index contributed by atoms with van der Waals surface area (Å²) < 4.78 is 7.89. The molecule has 1 aliphatic heterocycles. The third-order valence-electron chi connectivity index (χ3n) is 5.92. The molecule has 1 atom stereocenters. The first-order valence-corrected chi connectivity index (χ1v) is 11.9. The number of fused-ring (bicyclic) bond motifs is 1. The zero-order valence-corrected chi connectivity index (χ0v) is 19.9. The lowest BCUT2D eigenvalue weighted by molar-refractivity contribution is 0.0160. The van der Waals surface area contributed by atoms with Crippen LogP contribution in [0.4, 0.5) is 4.79 Å². The topological polar surface area (TPSA) is 47.4 Å². The molecule has 3 aromatic rings. The Balaban J connectivity index is 1.44. The lowest BCUT2D eigenvalue weighted by Crippen LogP contribution is -2.42. The first kappa shape index (κ1) is 22.7. The van der Waals surface area contributed by atoms with Gasteiger partial charge >= 0.3 is 6.09 Å². The number of aromatic nitrogens is 2. The summed E-state index contributed by atoms with van der Waals surface area (Å²) in [4.78, 5) is 19.3. The predicted molar refractivity (Wildman–Crippen MR) is 130 cm³/mol. The lowest BCUT2D eigenvalue weighted by atomic mass is 9.93. The van der Waals surface area contributed by atoms with Crippen LogP contribution < -0.4 is 0 Å².